The average molecular weight is 479 g/mol. The van der Waals surface area contributed by atoms with Crippen molar-refractivity contribution in [3.8, 4) is 11.8 Å². The molecule has 36 heavy (non-hydrogen) atoms. The molecule has 180 valence electrons. The molecule has 4 aromatic rings. The average Bonchev–Trinajstić information content (AvgIpc) is 3.19. The van der Waals surface area contributed by atoms with Crippen molar-refractivity contribution in [2.24, 2.45) is 0 Å². The van der Waals surface area contributed by atoms with E-state index in [1.807, 2.05) is 6.07 Å². The Hall–Kier alpha value is -4.11. The van der Waals surface area contributed by atoms with Crippen LogP contribution in [0.5, 0.6) is 5.75 Å². The van der Waals surface area contributed by atoms with Crippen LogP contribution in [0.2, 0.25) is 0 Å². The first-order valence-corrected chi connectivity index (χ1v) is 12.5. The van der Waals surface area contributed by atoms with Gasteiger partial charge in [-0.2, -0.15) is 5.26 Å². The van der Waals surface area contributed by atoms with Crippen LogP contribution < -0.4 is 9.64 Å². The second-order valence-electron chi connectivity index (χ2n) is 9.57. The van der Waals surface area contributed by atoms with E-state index in [1.165, 1.54) is 31.4 Å². The van der Waals surface area contributed by atoms with Crippen molar-refractivity contribution >= 4 is 22.6 Å². The van der Waals surface area contributed by atoms with Crippen molar-refractivity contribution in [3.05, 3.63) is 94.3 Å². The molecule has 1 fully saturated rings. The Morgan fingerprint density at radius 2 is 1.83 bits per heavy atom. The number of ether oxygens (including phenoxy) is 1. The maximum atomic E-state index is 14.0. The molecule has 3 aromatic carbocycles. The number of aromatic nitrogens is 2. The quantitative estimate of drug-likeness (QED) is 0.318. The number of hydrogen-bond donors (Lipinski definition) is 0. The molecule has 0 bridgehead atoms. The van der Waals surface area contributed by atoms with Gasteiger partial charge < -0.3 is 14.2 Å². The summed E-state index contributed by atoms with van der Waals surface area (Å²) in [5, 5.41) is 9.73. The maximum Gasteiger partial charge on any atom is 0.206 e. The minimum Gasteiger partial charge on any atom is -0.488 e. The maximum absolute atomic E-state index is 14.0. The Morgan fingerprint density at radius 3 is 2.67 bits per heavy atom. The lowest BCUT2D eigenvalue weighted by Gasteiger charge is -2.28. The lowest BCUT2D eigenvalue weighted by atomic mass is 9.90. The molecule has 3 heterocycles. The normalized spacial score (nSPS) is 16.5. The Bertz CT molecular complexity index is 1540. The van der Waals surface area contributed by atoms with Gasteiger partial charge in [0, 0.05) is 35.9 Å². The molecule has 6 rings (SSSR count). The van der Waals surface area contributed by atoms with Gasteiger partial charge in [-0.25, -0.2) is 9.37 Å². The lowest BCUT2D eigenvalue weighted by Crippen LogP contribution is -2.32. The molecule has 1 aromatic heterocycles. The zero-order valence-electron chi connectivity index (χ0n) is 20.3. The van der Waals surface area contributed by atoms with E-state index in [9.17, 15) is 9.65 Å². The number of piperidine rings is 1. The zero-order chi connectivity index (χ0) is 24.6. The number of rotatable bonds is 3. The predicted molar refractivity (Wildman–Crippen MR) is 139 cm³/mol. The summed E-state index contributed by atoms with van der Waals surface area (Å²) in [7, 11) is 0. The summed E-state index contributed by atoms with van der Waals surface area (Å²) in [6.45, 7) is 4.84. The van der Waals surface area contributed by atoms with Gasteiger partial charge in [-0.05, 0) is 73.2 Å². The van der Waals surface area contributed by atoms with Gasteiger partial charge in [0.05, 0.1) is 23.6 Å². The van der Waals surface area contributed by atoms with Crippen molar-refractivity contribution in [3.63, 3.8) is 0 Å². The van der Waals surface area contributed by atoms with Crippen LogP contribution in [0.3, 0.4) is 0 Å². The van der Waals surface area contributed by atoms with E-state index in [4.69, 9.17) is 9.72 Å². The fourth-order valence-corrected chi connectivity index (χ4v) is 5.43. The molecule has 0 radical (unpaired) electrons. The third kappa shape index (κ3) is 3.91. The summed E-state index contributed by atoms with van der Waals surface area (Å²) >= 11 is 0. The number of hydrogen-bond acceptors (Lipinski definition) is 4. The van der Waals surface area contributed by atoms with Gasteiger partial charge in [0.25, 0.3) is 0 Å². The van der Waals surface area contributed by atoms with Crippen molar-refractivity contribution in [2.75, 3.05) is 18.0 Å². The first-order valence-electron chi connectivity index (χ1n) is 12.5. The number of nitrogens with zero attached hydrogens (tertiary/aromatic N) is 4. The molecule has 5 nitrogen and oxygen atoms in total. The molecule has 0 amide bonds. The fraction of sp³-hybridized carbons (Fsp3) is 0.267. The second kappa shape index (κ2) is 9.16. The molecule has 0 saturated carbocycles. The molecule has 0 spiro atoms. The molecule has 0 aliphatic carbocycles. The van der Waals surface area contributed by atoms with Crippen molar-refractivity contribution in [1.82, 2.24) is 9.55 Å². The third-order valence-electron chi connectivity index (χ3n) is 7.19. The largest absolute Gasteiger partial charge is 0.488 e. The van der Waals surface area contributed by atoms with Gasteiger partial charge in [0.1, 0.15) is 18.2 Å². The zero-order valence-corrected chi connectivity index (χ0v) is 20.3. The number of benzene rings is 3. The molecule has 2 aliphatic heterocycles. The second-order valence-corrected chi connectivity index (χ2v) is 9.57. The van der Waals surface area contributed by atoms with Crippen LogP contribution in [0.4, 0.5) is 10.3 Å². The topological polar surface area (TPSA) is 54.1 Å². The van der Waals surface area contributed by atoms with E-state index in [0.717, 1.165) is 57.9 Å². The van der Waals surface area contributed by atoms with Crippen LogP contribution in [0, 0.1) is 17.1 Å². The van der Waals surface area contributed by atoms with Crippen LogP contribution >= 0.6 is 0 Å². The monoisotopic (exact) mass is 478 g/mol. The fourth-order valence-electron chi connectivity index (χ4n) is 5.43. The van der Waals surface area contributed by atoms with Crippen molar-refractivity contribution in [1.29, 1.82) is 5.26 Å². The first kappa shape index (κ1) is 22.4. The van der Waals surface area contributed by atoms with E-state index < -0.39 is 0 Å². The van der Waals surface area contributed by atoms with Crippen LogP contribution in [0.15, 0.2) is 66.2 Å². The number of allylic oxidation sites excluding steroid dienone is 1. The van der Waals surface area contributed by atoms with Gasteiger partial charge >= 0.3 is 0 Å². The van der Waals surface area contributed by atoms with E-state index >= 15 is 0 Å². The highest BCUT2D eigenvalue weighted by Gasteiger charge is 2.23. The molecule has 1 saturated heterocycles. The van der Waals surface area contributed by atoms with Crippen LogP contribution in [0.25, 0.3) is 16.6 Å². The van der Waals surface area contributed by atoms with E-state index in [-0.39, 0.29) is 5.82 Å². The van der Waals surface area contributed by atoms with E-state index in [0.29, 0.717) is 24.5 Å². The standard InChI is InChI=1S/C30H27FN4O/c1-20(17-32)29-24-11-9-21(15-22(24)19-36-28-16-23(31)10-12-25(28)29)18-35-27-8-4-3-7-26(27)33-30(35)34-13-5-2-6-14-34/h3-4,7-12,15-16H,2,5-6,13-14,18-19H2,1H3. The van der Waals surface area contributed by atoms with Gasteiger partial charge in [0.2, 0.25) is 5.95 Å². The highest BCUT2D eigenvalue weighted by Crippen LogP contribution is 2.39. The van der Waals surface area contributed by atoms with Gasteiger partial charge in [-0.1, -0.05) is 24.3 Å². The van der Waals surface area contributed by atoms with Gasteiger partial charge in [-0.3, -0.25) is 0 Å². The van der Waals surface area contributed by atoms with Crippen molar-refractivity contribution in [2.45, 2.75) is 39.3 Å². The smallest absolute Gasteiger partial charge is 0.206 e. The predicted octanol–water partition coefficient (Wildman–Crippen LogP) is 6.45. The summed E-state index contributed by atoms with van der Waals surface area (Å²) in [6.07, 6.45) is 3.65. The molecule has 0 atom stereocenters. The summed E-state index contributed by atoms with van der Waals surface area (Å²) in [6, 6.07) is 21.4. The Balaban J connectivity index is 1.43. The number of nitriles is 1. The minimum atomic E-state index is -0.355. The number of anilines is 1. The number of fused-ring (bicyclic) bond motifs is 3. The van der Waals surface area contributed by atoms with E-state index in [2.05, 4.69) is 51.9 Å². The highest BCUT2D eigenvalue weighted by molar-refractivity contribution is 5.88. The molecule has 6 heteroatoms. The van der Waals surface area contributed by atoms with Gasteiger partial charge in [0.15, 0.2) is 0 Å². The SMILES string of the molecule is CC(C#N)=C1c2ccc(Cn3c(N4CCCCC4)nc4ccccc43)cc2COc2cc(F)ccc21. The summed E-state index contributed by atoms with van der Waals surface area (Å²) in [5.74, 6) is 1.13. The highest BCUT2D eigenvalue weighted by atomic mass is 19.1. The molecular formula is C30H27FN4O. The number of para-hydroxylation sites is 2. The van der Waals surface area contributed by atoms with Crippen LogP contribution in [-0.2, 0) is 13.2 Å². The summed E-state index contributed by atoms with van der Waals surface area (Å²) < 4.78 is 22.3. The third-order valence-corrected chi connectivity index (χ3v) is 7.19. The van der Waals surface area contributed by atoms with Crippen molar-refractivity contribution < 1.29 is 9.13 Å². The molecular weight excluding hydrogens is 451 g/mol. The molecule has 0 N–H and O–H groups in total. The lowest BCUT2D eigenvalue weighted by molar-refractivity contribution is 0.305. The van der Waals surface area contributed by atoms with Gasteiger partial charge in [-0.15, -0.1) is 0 Å². The Morgan fingerprint density at radius 1 is 1.03 bits per heavy atom. The molecule has 0 unspecified atom stereocenters. The Kier molecular flexibility index (Phi) is 5.69. The Labute approximate surface area is 210 Å². The number of halogens is 1. The molecule has 2 aliphatic rings. The minimum absolute atomic E-state index is 0.311. The van der Waals surface area contributed by atoms with E-state index in [1.54, 1.807) is 13.0 Å². The van der Waals surface area contributed by atoms with Crippen LogP contribution in [-0.4, -0.2) is 22.6 Å². The van der Waals surface area contributed by atoms with Crippen LogP contribution in [0.1, 0.15) is 48.4 Å². The number of imidazole rings is 1. The first-order chi connectivity index (χ1) is 17.6. The summed E-state index contributed by atoms with van der Waals surface area (Å²) in [5.41, 5.74) is 7.31. The summed E-state index contributed by atoms with van der Waals surface area (Å²) in [4.78, 5) is 7.40.